The minimum absolute atomic E-state index is 0.134. The van der Waals surface area contributed by atoms with Gasteiger partial charge in [0.1, 0.15) is 22.6 Å². The van der Waals surface area contributed by atoms with Crippen LogP contribution in [0.4, 0.5) is 0 Å². The van der Waals surface area contributed by atoms with Crippen molar-refractivity contribution >= 4 is 17.2 Å². The van der Waals surface area contributed by atoms with Gasteiger partial charge in [-0.25, -0.2) is 4.98 Å². The Kier molecular flexibility index (Phi) is 6.35. The van der Waals surface area contributed by atoms with Crippen molar-refractivity contribution in [2.24, 2.45) is 0 Å². The molecule has 1 saturated heterocycles. The van der Waals surface area contributed by atoms with E-state index in [1.807, 2.05) is 34.7 Å². The molecule has 1 amide bonds. The standard InChI is InChI=1S/C22H29N3O3S/c1-3-17-15-24(14-16-13-18(27-2)6-7-20(16)28-17)11-8-21(26)25-10-4-5-19(25)22-23-9-12-29-22/h6-7,9,12-13,17,19H,3-5,8,10-11,14-15H2,1-2H3/t17-,19+/m1/s1. The molecule has 2 aromatic rings. The van der Waals surface area contributed by atoms with E-state index in [0.29, 0.717) is 6.42 Å². The molecule has 2 aliphatic rings. The number of carbonyl (C=O) groups is 1. The van der Waals surface area contributed by atoms with Crippen LogP contribution in [-0.2, 0) is 11.3 Å². The lowest BCUT2D eigenvalue weighted by molar-refractivity contribution is -0.132. The lowest BCUT2D eigenvalue weighted by Gasteiger charge is -2.26. The molecule has 0 radical (unpaired) electrons. The third-order valence-electron chi connectivity index (χ3n) is 5.82. The highest BCUT2D eigenvalue weighted by molar-refractivity contribution is 7.09. The SMILES string of the molecule is CC[C@@H]1CN(CCC(=O)N2CCC[C@H]2c2nccs2)Cc2cc(OC)ccc2O1. The number of nitrogens with zero attached hydrogens (tertiary/aromatic N) is 3. The first-order valence-electron chi connectivity index (χ1n) is 10.4. The van der Waals surface area contributed by atoms with Crippen LogP contribution in [0.1, 0.15) is 49.2 Å². The summed E-state index contributed by atoms with van der Waals surface area (Å²) >= 11 is 1.65. The van der Waals surface area contributed by atoms with Crippen LogP contribution in [0.25, 0.3) is 0 Å². The number of ether oxygens (including phenoxy) is 2. The molecule has 2 aliphatic heterocycles. The Morgan fingerprint density at radius 2 is 2.31 bits per heavy atom. The molecule has 4 rings (SSSR count). The Labute approximate surface area is 176 Å². The van der Waals surface area contributed by atoms with Crippen LogP contribution in [-0.4, -0.2) is 53.5 Å². The van der Waals surface area contributed by atoms with Crippen molar-refractivity contribution in [2.75, 3.05) is 26.7 Å². The van der Waals surface area contributed by atoms with Crippen LogP contribution in [0.3, 0.4) is 0 Å². The zero-order chi connectivity index (χ0) is 20.2. The first-order valence-corrected chi connectivity index (χ1v) is 11.3. The van der Waals surface area contributed by atoms with Gasteiger partial charge < -0.3 is 14.4 Å². The normalized spacial score (nSPS) is 22.1. The minimum Gasteiger partial charge on any atom is -0.497 e. The summed E-state index contributed by atoms with van der Waals surface area (Å²) < 4.78 is 11.6. The second-order valence-corrected chi connectivity index (χ2v) is 8.65. The molecule has 156 valence electrons. The van der Waals surface area contributed by atoms with Gasteiger partial charge in [-0.3, -0.25) is 9.69 Å². The summed E-state index contributed by atoms with van der Waals surface area (Å²) in [6, 6.07) is 6.13. The van der Waals surface area contributed by atoms with E-state index >= 15 is 0 Å². The van der Waals surface area contributed by atoms with Crippen LogP contribution in [0.2, 0.25) is 0 Å². The van der Waals surface area contributed by atoms with Crippen LogP contribution >= 0.6 is 11.3 Å². The van der Waals surface area contributed by atoms with Crippen LogP contribution in [0.5, 0.6) is 11.5 Å². The van der Waals surface area contributed by atoms with Gasteiger partial charge in [-0.1, -0.05) is 6.92 Å². The molecule has 3 heterocycles. The topological polar surface area (TPSA) is 54.9 Å². The number of amides is 1. The van der Waals surface area contributed by atoms with E-state index in [-0.39, 0.29) is 18.1 Å². The Balaban J connectivity index is 1.42. The van der Waals surface area contributed by atoms with Crippen LogP contribution in [0.15, 0.2) is 29.8 Å². The summed E-state index contributed by atoms with van der Waals surface area (Å²) in [6.07, 6.45) is 5.50. The molecule has 1 aromatic carbocycles. The number of likely N-dealkylation sites (tertiary alicyclic amines) is 1. The highest BCUT2D eigenvalue weighted by Crippen LogP contribution is 2.34. The van der Waals surface area contributed by atoms with Crippen molar-refractivity contribution in [1.82, 2.24) is 14.8 Å². The Hall–Kier alpha value is -2.12. The van der Waals surface area contributed by atoms with E-state index in [2.05, 4.69) is 16.8 Å². The Bertz CT molecular complexity index is 827. The number of fused-ring (bicyclic) bond motifs is 1. The maximum Gasteiger partial charge on any atom is 0.224 e. The average Bonchev–Trinajstić information content (AvgIpc) is 3.40. The fourth-order valence-corrected chi connectivity index (χ4v) is 5.02. The maximum atomic E-state index is 13.0. The number of hydrogen-bond donors (Lipinski definition) is 0. The van der Waals surface area contributed by atoms with Gasteiger partial charge in [0.2, 0.25) is 5.91 Å². The number of thiazole rings is 1. The fraction of sp³-hybridized carbons (Fsp3) is 0.545. The first kappa shape index (κ1) is 20.2. The lowest BCUT2D eigenvalue weighted by atomic mass is 10.1. The van der Waals surface area contributed by atoms with Gasteiger partial charge in [-0.2, -0.15) is 0 Å². The highest BCUT2D eigenvalue weighted by Gasteiger charge is 2.32. The van der Waals surface area contributed by atoms with E-state index in [9.17, 15) is 4.79 Å². The third kappa shape index (κ3) is 4.56. The van der Waals surface area contributed by atoms with E-state index < -0.39 is 0 Å². The van der Waals surface area contributed by atoms with Crippen LogP contribution < -0.4 is 9.47 Å². The lowest BCUT2D eigenvalue weighted by Crippen LogP contribution is -2.37. The summed E-state index contributed by atoms with van der Waals surface area (Å²) in [4.78, 5) is 21.8. The molecule has 0 saturated carbocycles. The fourth-order valence-electron chi connectivity index (χ4n) is 4.23. The number of hydrogen-bond acceptors (Lipinski definition) is 6. The van der Waals surface area contributed by atoms with Gasteiger partial charge in [-0.15, -0.1) is 11.3 Å². The number of methoxy groups -OCH3 is 1. The molecule has 0 N–H and O–H groups in total. The van der Waals surface area contributed by atoms with Gasteiger partial charge in [0, 0.05) is 49.7 Å². The molecule has 29 heavy (non-hydrogen) atoms. The third-order valence-corrected chi connectivity index (χ3v) is 6.70. The van der Waals surface area contributed by atoms with Crippen molar-refractivity contribution in [3.63, 3.8) is 0 Å². The largest absolute Gasteiger partial charge is 0.497 e. The summed E-state index contributed by atoms with van der Waals surface area (Å²) in [5.41, 5.74) is 1.12. The zero-order valence-electron chi connectivity index (χ0n) is 17.2. The molecule has 2 atom stereocenters. The van der Waals surface area contributed by atoms with Crippen molar-refractivity contribution in [2.45, 2.75) is 51.3 Å². The molecular weight excluding hydrogens is 386 g/mol. The quantitative estimate of drug-likeness (QED) is 0.717. The Morgan fingerprint density at radius 1 is 1.41 bits per heavy atom. The number of aromatic nitrogens is 1. The molecule has 6 nitrogen and oxygen atoms in total. The molecule has 0 spiro atoms. The highest BCUT2D eigenvalue weighted by atomic mass is 32.1. The van der Waals surface area contributed by atoms with Crippen LogP contribution in [0, 0.1) is 0 Å². The van der Waals surface area contributed by atoms with Crippen molar-refractivity contribution in [3.8, 4) is 11.5 Å². The molecule has 7 heteroatoms. The van der Waals surface area contributed by atoms with Crippen molar-refractivity contribution < 1.29 is 14.3 Å². The molecule has 0 unspecified atom stereocenters. The van der Waals surface area contributed by atoms with Gasteiger partial charge >= 0.3 is 0 Å². The number of rotatable bonds is 6. The first-order chi connectivity index (χ1) is 14.2. The summed E-state index contributed by atoms with van der Waals surface area (Å²) in [5.74, 6) is 1.99. The summed E-state index contributed by atoms with van der Waals surface area (Å²) in [7, 11) is 1.68. The van der Waals surface area contributed by atoms with Crippen molar-refractivity contribution in [3.05, 3.63) is 40.3 Å². The Morgan fingerprint density at radius 3 is 3.07 bits per heavy atom. The van der Waals surface area contributed by atoms with E-state index in [1.54, 1.807) is 18.4 Å². The number of benzene rings is 1. The van der Waals surface area contributed by atoms with Gasteiger partial charge in [-0.05, 0) is 37.5 Å². The van der Waals surface area contributed by atoms with Crippen molar-refractivity contribution in [1.29, 1.82) is 0 Å². The molecule has 0 aliphatic carbocycles. The summed E-state index contributed by atoms with van der Waals surface area (Å²) in [6.45, 7) is 5.31. The molecular formula is C22H29N3O3S. The molecule has 1 aromatic heterocycles. The number of carbonyl (C=O) groups excluding carboxylic acids is 1. The smallest absolute Gasteiger partial charge is 0.224 e. The zero-order valence-corrected chi connectivity index (χ0v) is 18.0. The van der Waals surface area contributed by atoms with Gasteiger partial charge in [0.15, 0.2) is 0 Å². The van der Waals surface area contributed by atoms with E-state index in [0.717, 1.165) is 67.5 Å². The summed E-state index contributed by atoms with van der Waals surface area (Å²) in [5, 5.41) is 3.05. The molecule has 0 bridgehead atoms. The minimum atomic E-state index is 0.134. The van der Waals surface area contributed by atoms with E-state index in [4.69, 9.17) is 9.47 Å². The predicted molar refractivity (Wildman–Crippen MR) is 113 cm³/mol. The van der Waals surface area contributed by atoms with Gasteiger partial charge in [0.05, 0.1) is 13.2 Å². The second-order valence-electron chi connectivity index (χ2n) is 7.72. The van der Waals surface area contributed by atoms with Gasteiger partial charge in [0.25, 0.3) is 0 Å². The second kappa shape index (κ2) is 9.13. The predicted octanol–water partition coefficient (Wildman–Crippen LogP) is 3.88. The van der Waals surface area contributed by atoms with E-state index in [1.165, 1.54) is 0 Å². The monoisotopic (exact) mass is 415 g/mol. The molecule has 1 fully saturated rings. The average molecular weight is 416 g/mol. The maximum absolute atomic E-state index is 13.0.